The van der Waals surface area contributed by atoms with Crippen LogP contribution in [0.2, 0.25) is 0 Å². The molecule has 1 fully saturated rings. The standard InChI is InChI=1S/C12H17NO3S/c1-15-10-4-5-11(13)12(6-10)17(14)8-16-7-9-2-3-9/h4-6,9H,2-3,7-8,13H2,1H3. The van der Waals surface area contributed by atoms with E-state index in [0.29, 0.717) is 28.9 Å². The fraction of sp³-hybridized carbons (Fsp3) is 0.500. The van der Waals surface area contributed by atoms with E-state index in [-0.39, 0.29) is 5.94 Å². The van der Waals surface area contributed by atoms with E-state index in [1.807, 2.05) is 0 Å². The van der Waals surface area contributed by atoms with Crippen molar-refractivity contribution in [1.29, 1.82) is 0 Å². The summed E-state index contributed by atoms with van der Waals surface area (Å²) in [7, 11) is 0.349. The molecular formula is C12H17NO3S. The van der Waals surface area contributed by atoms with Gasteiger partial charge in [-0.3, -0.25) is 4.21 Å². The number of nitrogen functional groups attached to an aromatic ring is 1. The molecule has 94 valence electrons. The molecule has 1 unspecified atom stereocenters. The highest BCUT2D eigenvalue weighted by atomic mass is 32.2. The van der Waals surface area contributed by atoms with Gasteiger partial charge in [-0.15, -0.1) is 0 Å². The molecule has 2 rings (SSSR count). The molecule has 0 heterocycles. The van der Waals surface area contributed by atoms with Crippen LogP contribution in [0.4, 0.5) is 5.69 Å². The third-order valence-electron chi connectivity index (χ3n) is 2.71. The predicted molar refractivity (Wildman–Crippen MR) is 67.4 cm³/mol. The molecule has 0 aliphatic heterocycles. The molecule has 0 bridgehead atoms. The van der Waals surface area contributed by atoms with E-state index in [0.717, 1.165) is 0 Å². The molecule has 0 spiro atoms. The Labute approximate surface area is 104 Å². The maximum absolute atomic E-state index is 12.0. The molecule has 1 aromatic carbocycles. The van der Waals surface area contributed by atoms with Crippen molar-refractivity contribution in [3.8, 4) is 5.75 Å². The first kappa shape index (κ1) is 12.4. The lowest BCUT2D eigenvalue weighted by Gasteiger charge is -2.08. The molecule has 17 heavy (non-hydrogen) atoms. The number of anilines is 1. The summed E-state index contributed by atoms with van der Waals surface area (Å²) >= 11 is 0. The summed E-state index contributed by atoms with van der Waals surface area (Å²) in [5.41, 5.74) is 6.30. The third kappa shape index (κ3) is 3.44. The van der Waals surface area contributed by atoms with E-state index < -0.39 is 10.8 Å². The Bertz CT molecular complexity index is 418. The topological polar surface area (TPSA) is 61.5 Å². The lowest BCUT2D eigenvalue weighted by Crippen LogP contribution is -2.07. The van der Waals surface area contributed by atoms with E-state index in [1.54, 1.807) is 25.3 Å². The number of ether oxygens (including phenoxy) is 2. The summed E-state index contributed by atoms with van der Waals surface area (Å²) in [5, 5.41) is 0. The highest BCUT2D eigenvalue weighted by Crippen LogP contribution is 2.29. The van der Waals surface area contributed by atoms with Gasteiger partial charge in [0.05, 0.1) is 29.4 Å². The number of rotatable bonds is 6. The zero-order chi connectivity index (χ0) is 12.3. The van der Waals surface area contributed by atoms with Crippen molar-refractivity contribution in [3.05, 3.63) is 18.2 Å². The van der Waals surface area contributed by atoms with Crippen LogP contribution in [-0.2, 0) is 15.5 Å². The van der Waals surface area contributed by atoms with Crippen molar-refractivity contribution >= 4 is 16.5 Å². The zero-order valence-corrected chi connectivity index (χ0v) is 10.7. The summed E-state index contributed by atoms with van der Waals surface area (Å²) in [6.45, 7) is 0.704. The number of benzene rings is 1. The Kier molecular flexibility index (Phi) is 4.02. The van der Waals surface area contributed by atoms with Gasteiger partial charge in [-0.1, -0.05) is 0 Å². The van der Waals surface area contributed by atoms with Crippen LogP contribution in [0.5, 0.6) is 5.75 Å². The van der Waals surface area contributed by atoms with Gasteiger partial charge in [0.15, 0.2) is 0 Å². The van der Waals surface area contributed by atoms with Gasteiger partial charge >= 0.3 is 0 Å². The molecule has 5 heteroatoms. The van der Waals surface area contributed by atoms with Crippen LogP contribution < -0.4 is 10.5 Å². The van der Waals surface area contributed by atoms with Crippen molar-refractivity contribution in [1.82, 2.24) is 0 Å². The van der Waals surface area contributed by atoms with Gasteiger partial charge in [-0.2, -0.15) is 0 Å². The summed E-state index contributed by atoms with van der Waals surface area (Å²) in [4.78, 5) is 0.583. The molecule has 1 aliphatic rings. The van der Waals surface area contributed by atoms with E-state index in [1.165, 1.54) is 12.8 Å². The van der Waals surface area contributed by atoms with Gasteiger partial charge in [-0.05, 0) is 37.0 Å². The molecule has 1 aromatic rings. The van der Waals surface area contributed by atoms with Gasteiger partial charge in [-0.25, -0.2) is 0 Å². The van der Waals surface area contributed by atoms with E-state index >= 15 is 0 Å². The van der Waals surface area contributed by atoms with E-state index in [9.17, 15) is 4.21 Å². The highest BCUT2D eigenvalue weighted by molar-refractivity contribution is 7.85. The minimum atomic E-state index is -1.22. The Hall–Kier alpha value is -1.07. The number of hydrogen-bond donors (Lipinski definition) is 1. The average molecular weight is 255 g/mol. The molecule has 0 aromatic heterocycles. The second-order valence-corrected chi connectivity index (χ2v) is 5.55. The Morgan fingerprint density at radius 1 is 1.47 bits per heavy atom. The van der Waals surface area contributed by atoms with Gasteiger partial charge < -0.3 is 15.2 Å². The van der Waals surface area contributed by atoms with Crippen LogP contribution in [0, 0.1) is 5.92 Å². The molecule has 1 aliphatic carbocycles. The van der Waals surface area contributed by atoms with Crippen molar-refractivity contribution in [2.45, 2.75) is 17.7 Å². The fourth-order valence-corrected chi connectivity index (χ4v) is 2.43. The maximum Gasteiger partial charge on any atom is 0.126 e. The highest BCUT2D eigenvalue weighted by Gasteiger charge is 2.21. The predicted octanol–water partition coefficient (Wildman–Crippen LogP) is 1.77. The van der Waals surface area contributed by atoms with Crippen molar-refractivity contribution in [3.63, 3.8) is 0 Å². The Balaban J connectivity index is 1.96. The first-order valence-electron chi connectivity index (χ1n) is 5.60. The zero-order valence-electron chi connectivity index (χ0n) is 9.85. The molecule has 2 N–H and O–H groups in total. The van der Waals surface area contributed by atoms with Gasteiger partial charge in [0, 0.05) is 5.69 Å². The van der Waals surface area contributed by atoms with Gasteiger partial charge in [0.1, 0.15) is 11.7 Å². The van der Waals surface area contributed by atoms with Crippen LogP contribution in [0.25, 0.3) is 0 Å². The molecule has 1 saturated carbocycles. The van der Waals surface area contributed by atoms with Crippen LogP contribution in [0.1, 0.15) is 12.8 Å². The van der Waals surface area contributed by atoms with Crippen LogP contribution in [0.3, 0.4) is 0 Å². The molecule has 1 atom stereocenters. The summed E-state index contributed by atoms with van der Waals surface area (Å²) < 4.78 is 22.5. The number of nitrogens with two attached hydrogens (primary N) is 1. The minimum Gasteiger partial charge on any atom is -0.497 e. The largest absolute Gasteiger partial charge is 0.497 e. The van der Waals surface area contributed by atoms with Crippen LogP contribution in [0.15, 0.2) is 23.1 Å². The lowest BCUT2D eigenvalue weighted by molar-refractivity contribution is 0.168. The third-order valence-corrected chi connectivity index (χ3v) is 3.93. The van der Waals surface area contributed by atoms with Gasteiger partial charge in [0.2, 0.25) is 0 Å². The minimum absolute atomic E-state index is 0.202. The molecule has 0 saturated heterocycles. The van der Waals surface area contributed by atoms with Crippen molar-refractivity contribution < 1.29 is 13.7 Å². The summed E-state index contributed by atoms with van der Waals surface area (Å²) in [6.07, 6.45) is 2.46. The molecule has 4 nitrogen and oxygen atoms in total. The number of hydrogen-bond acceptors (Lipinski definition) is 4. The van der Waals surface area contributed by atoms with Gasteiger partial charge in [0.25, 0.3) is 0 Å². The number of methoxy groups -OCH3 is 1. The fourth-order valence-electron chi connectivity index (χ4n) is 1.48. The molecular weight excluding hydrogens is 238 g/mol. The quantitative estimate of drug-likeness (QED) is 0.787. The second kappa shape index (κ2) is 5.51. The Morgan fingerprint density at radius 3 is 2.88 bits per heavy atom. The first-order chi connectivity index (χ1) is 8.20. The van der Waals surface area contributed by atoms with Crippen molar-refractivity contribution in [2.75, 3.05) is 25.4 Å². The van der Waals surface area contributed by atoms with Crippen molar-refractivity contribution in [2.24, 2.45) is 5.92 Å². The normalized spacial score (nSPS) is 16.8. The molecule has 0 radical (unpaired) electrons. The van der Waals surface area contributed by atoms with E-state index in [4.69, 9.17) is 15.2 Å². The van der Waals surface area contributed by atoms with E-state index in [2.05, 4.69) is 0 Å². The average Bonchev–Trinajstić information content (AvgIpc) is 3.13. The summed E-state index contributed by atoms with van der Waals surface area (Å²) in [6, 6.07) is 5.15. The lowest BCUT2D eigenvalue weighted by atomic mass is 10.3. The van der Waals surface area contributed by atoms with Crippen LogP contribution >= 0.6 is 0 Å². The first-order valence-corrected chi connectivity index (χ1v) is 6.92. The smallest absolute Gasteiger partial charge is 0.126 e. The summed E-state index contributed by atoms with van der Waals surface area (Å²) in [5.74, 6) is 1.54. The second-order valence-electron chi connectivity index (χ2n) is 4.18. The monoisotopic (exact) mass is 255 g/mol. The Morgan fingerprint density at radius 2 is 2.24 bits per heavy atom. The molecule has 0 amide bonds. The SMILES string of the molecule is COc1ccc(N)c(S(=O)COCC2CC2)c1. The van der Waals surface area contributed by atoms with Crippen LogP contribution in [-0.4, -0.2) is 23.9 Å². The maximum atomic E-state index is 12.0.